The second-order valence-corrected chi connectivity index (χ2v) is 9.42. The van der Waals surface area contributed by atoms with Crippen LogP contribution >= 0.6 is 23.2 Å². The fourth-order valence-electron chi connectivity index (χ4n) is 2.89. The molecule has 1 aromatic heterocycles. The van der Waals surface area contributed by atoms with Gasteiger partial charge in [-0.25, -0.2) is 4.98 Å². The van der Waals surface area contributed by atoms with Gasteiger partial charge in [-0.15, -0.1) is 0 Å². The molecule has 182 valence electrons. The Morgan fingerprint density at radius 1 is 1.03 bits per heavy atom. The summed E-state index contributed by atoms with van der Waals surface area (Å²) < 4.78 is 37.2. The maximum atomic E-state index is 12.4. The lowest BCUT2D eigenvalue weighted by molar-refractivity contribution is -0.128. The summed E-state index contributed by atoms with van der Waals surface area (Å²) in [7, 11) is 0. The van der Waals surface area contributed by atoms with Gasteiger partial charge in [0.05, 0.1) is 32.3 Å². The van der Waals surface area contributed by atoms with Gasteiger partial charge >= 0.3 is 6.18 Å². The fourth-order valence-corrected chi connectivity index (χ4v) is 3.31. The number of alkyl halides is 3. The van der Waals surface area contributed by atoms with Gasteiger partial charge in [-0.3, -0.25) is 9.59 Å². The number of hydrogen-bond acceptors (Lipinski definition) is 4. The molecule has 2 aromatic carbocycles. The summed E-state index contributed by atoms with van der Waals surface area (Å²) in [5.41, 5.74) is 1.43. The van der Waals surface area contributed by atoms with Crippen molar-refractivity contribution in [3.63, 3.8) is 0 Å². The number of nitrogens with zero attached hydrogens (tertiary/aromatic N) is 1. The molecule has 0 saturated heterocycles. The van der Waals surface area contributed by atoms with E-state index >= 15 is 0 Å². The summed E-state index contributed by atoms with van der Waals surface area (Å²) >= 11 is 12.4. The lowest BCUT2D eigenvalue weighted by Crippen LogP contribution is -2.34. The first-order valence-corrected chi connectivity index (χ1v) is 10.9. The van der Waals surface area contributed by atoms with Crippen molar-refractivity contribution < 1.29 is 22.8 Å². The van der Waals surface area contributed by atoms with Crippen molar-refractivity contribution in [3.05, 3.63) is 51.5 Å². The molecule has 34 heavy (non-hydrogen) atoms. The van der Waals surface area contributed by atoms with Crippen LogP contribution < -0.4 is 16.0 Å². The number of H-pyrrole nitrogens is 1. The number of aromatic nitrogens is 2. The molecule has 4 N–H and O–H groups in total. The smallest absolute Gasteiger partial charge is 0.352 e. The first kappa shape index (κ1) is 25.6. The van der Waals surface area contributed by atoms with Gasteiger partial charge in [-0.05, 0) is 29.8 Å². The Balaban J connectivity index is 1.78. The van der Waals surface area contributed by atoms with Crippen LogP contribution in [0.5, 0.6) is 0 Å². The molecule has 0 saturated carbocycles. The molecule has 3 rings (SSSR count). The number of rotatable bonds is 6. The Hall–Kier alpha value is -2.98. The Kier molecular flexibility index (Phi) is 7.32. The summed E-state index contributed by atoms with van der Waals surface area (Å²) in [4.78, 5) is 31.5. The number of halogens is 5. The van der Waals surface area contributed by atoms with Gasteiger partial charge in [-0.2, -0.15) is 13.2 Å². The summed E-state index contributed by atoms with van der Waals surface area (Å²) in [5, 5.41) is 8.04. The number of carbonyl (C=O) groups is 2. The quantitative estimate of drug-likeness (QED) is 0.345. The average molecular weight is 516 g/mol. The highest BCUT2D eigenvalue weighted by atomic mass is 35.5. The molecule has 0 aliphatic heterocycles. The molecule has 3 aromatic rings. The van der Waals surface area contributed by atoms with E-state index in [1.54, 1.807) is 23.5 Å². The zero-order valence-corrected chi connectivity index (χ0v) is 20.0. The number of imidazole rings is 1. The molecule has 0 spiro atoms. The largest absolute Gasteiger partial charge is 0.405 e. The van der Waals surface area contributed by atoms with Crippen LogP contribution in [0, 0.1) is 5.41 Å². The maximum absolute atomic E-state index is 12.4. The van der Waals surface area contributed by atoms with Crippen LogP contribution in [0.2, 0.25) is 10.0 Å². The van der Waals surface area contributed by atoms with Gasteiger partial charge < -0.3 is 20.9 Å². The van der Waals surface area contributed by atoms with Crippen LogP contribution in [0.3, 0.4) is 0 Å². The molecule has 1 heterocycles. The number of hydrogen-bond donors (Lipinski definition) is 4. The number of benzene rings is 2. The van der Waals surface area contributed by atoms with E-state index in [0.717, 1.165) is 5.56 Å². The van der Waals surface area contributed by atoms with Crippen LogP contribution in [-0.2, 0) is 11.3 Å². The monoisotopic (exact) mass is 515 g/mol. The highest BCUT2D eigenvalue weighted by Crippen LogP contribution is 2.29. The number of fused-ring (bicyclic) bond motifs is 1. The first-order chi connectivity index (χ1) is 15.7. The van der Waals surface area contributed by atoms with Gasteiger partial charge in [0.1, 0.15) is 6.54 Å². The third kappa shape index (κ3) is 6.54. The molecule has 12 heteroatoms. The second-order valence-electron chi connectivity index (χ2n) is 8.60. The Labute approximate surface area is 203 Å². The standard InChI is InChI=1S/C22H22Cl2F3N5O2/c1-21(2,3)19(34)28-9-11-4-5-13(23)15(6-11)30-20-31-16-7-12(14(24)8-17(16)32-20)18(33)29-10-22(25,26)27/h4-8H,9-10H2,1-3H3,(H,28,34)(H,29,33)(H2,30,31,32). The van der Waals surface area contributed by atoms with Crippen LogP contribution in [0.15, 0.2) is 30.3 Å². The SMILES string of the molecule is CC(C)(C)C(=O)NCc1ccc(Cl)c(Nc2nc3cc(C(=O)NCC(F)(F)F)c(Cl)cc3[nH]2)c1. The molecule has 0 aliphatic carbocycles. The summed E-state index contributed by atoms with van der Waals surface area (Å²) in [6.45, 7) is 4.27. The Morgan fingerprint density at radius 2 is 1.74 bits per heavy atom. The lowest BCUT2D eigenvalue weighted by atomic mass is 9.95. The van der Waals surface area contributed by atoms with Gasteiger partial charge in [-0.1, -0.05) is 50.0 Å². The summed E-state index contributed by atoms with van der Waals surface area (Å²) in [5.74, 6) is -0.785. The number of carbonyl (C=O) groups excluding carboxylic acids is 2. The third-order valence-corrected chi connectivity index (χ3v) is 5.33. The first-order valence-electron chi connectivity index (χ1n) is 10.1. The van der Waals surface area contributed by atoms with E-state index in [2.05, 4.69) is 20.6 Å². The van der Waals surface area contributed by atoms with E-state index in [1.165, 1.54) is 12.1 Å². The van der Waals surface area contributed by atoms with E-state index in [4.69, 9.17) is 23.2 Å². The molecular formula is C22H22Cl2F3N5O2. The predicted molar refractivity (Wildman–Crippen MR) is 126 cm³/mol. The molecule has 7 nitrogen and oxygen atoms in total. The molecular weight excluding hydrogens is 494 g/mol. The third-order valence-electron chi connectivity index (χ3n) is 4.68. The van der Waals surface area contributed by atoms with E-state index in [-0.39, 0.29) is 22.4 Å². The van der Waals surface area contributed by atoms with Crippen LogP contribution in [0.4, 0.5) is 24.8 Å². The zero-order valence-electron chi connectivity index (χ0n) is 18.5. The van der Waals surface area contributed by atoms with Crippen molar-refractivity contribution in [3.8, 4) is 0 Å². The second kappa shape index (κ2) is 9.71. The number of anilines is 2. The summed E-state index contributed by atoms with van der Waals surface area (Å²) in [6, 6.07) is 7.90. The number of amides is 2. The lowest BCUT2D eigenvalue weighted by Gasteiger charge is -2.18. The highest BCUT2D eigenvalue weighted by Gasteiger charge is 2.28. The number of aromatic amines is 1. The fraction of sp³-hybridized carbons (Fsp3) is 0.318. The van der Waals surface area contributed by atoms with Crippen molar-refractivity contribution in [1.82, 2.24) is 20.6 Å². The summed E-state index contributed by atoms with van der Waals surface area (Å²) in [6.07, 6.45) is -4.54. The maximum Gasteiger partial charge on any atom is 0.405 e. The minimum atomic E-state index is -4.54. The van der Waals surface area contributed by atoms with Crippen molar-refractivity contribution in [2.24, 2.45) is 5.41 Å². The van der Waals surface area contributed by atoms with Gasteiger partial charge in [0.2, 0.25) is 11.9 Å². The molecule has 0 atom stereocenters. The Morgan fingerprint density at radius 3 is 2.38 bits per heavy atom. The van der Waals surface area contributed by atoms with Crippen molar-refractivity contribution >= 4 is 57.7 Å². The van der Waals surface area contributed by atoms with E-state index in [0.29, 0.717) is 28.3 Å². The number of nitrogens with one attached hydrogen (secondary N) is 4. The van der Waals surface area contributed by atoms with Crippen molar-refractivity contribution in [2.75, 3.05) is 11.9 Å². The Bertz CT molecular complexity index is 1240. The topological polar surface area (TPSA) is 98.9 Å². The average Bonchev–Trinajstić information content (AvgIpc) is 3.11. The molecule has 0 unspecified atom stereocenters. The predicted octanol–water partition coefficient (Wildman–Crippen LogP) is 5.57. The molecule has 2 amide bonds. The molecule has 0 aliphatic rings. The van der Waals surface area contributed by atoms with Gasteiger partial charge in [0.25, 0.3) is 5.91 Å². The minimum absolute atomic E-state index is 0.0306. The molecule has 0 bridgehead atoms. The molecule has 0 radical (unpaired) electrons. The van der Waals surface area contributed by atoms with Crippen LogP contribution in [-0.4, -0.2) is 34.5 Å². The van der Waals surface area contributed by atoms with Crippen LogP contribution in [0.1, 0.15) is 36.7 Å². The van der Waals surface area contributed by atoms with Crippen molar-refractivity contribution in [2.45, 2.75) is 33.5 Å². The highest BCUT2D eigenvalue weighted by molar-refractivity contribution is 6.34. The molecule has 0 fully saturated rings. The van der Waals surface area contributed by atoms with Gasteiger partial charge in [0, 0.05) is 12.0 Å². The van der Waals surface area contributed by atoms with Crippen LogP contribution in [0.25, 0.3) is 11.0 Å². The van der Waals surface area contributed by atoms with Gasteiger partial charge in [0.15, 0.2) is 0 Å². The zero-order chi connectivity index (χ0) is 25.3. The minimum Gasteiger partial charge on any atom is -0.352 e. The van der Waals surface area contributed by atoms with E-state index in [1.807, 2.05) is 20.8 Å². The normalized spacial score (nSPS) is 12.0. The van der Waals surface area contributed by atoms with E-state index < -0.39 is 24.0 Å². The van der Waals surface area contributed by atoms with Crippen molar-refractivity contribution in [1.29, 1.82) is 0 Å². The van der Waals surface area contributed by atoms with E-state index in [9.17, 15) is 22.8 Å².